The molecule has 1 aliphatic carbocycles. The molecule has 1 aliphatic heterocycles. The van der Waals surface area contributed by atoms with Crippen LogP contribution in [0.1, 0.15) is 58.4 Å². The minimum Gasteiger partial charge on any atom is -0.394 e. The number of likely N-dealkylation sites (tertiary alicyclic amines) is 1. The van der Waals surface area contributed by atoms with Gasteiger partial charge in [-0.3, -0.25) is 9.88 Å². The molecule has 1 aromatic rings. The summed E-state index contributed by atoms with van der Waals surface area (Å²) in [5.74, 6) is 0.676. The molecule has 2 unspecified atom stereocenters. The fourth-order valence-electron chi connectivity index (χ4n) is 5.43. The van der Waals surface area contributed by atoms with Crippen LogP contribution in [0, 0.1) is 11.3 Å². The van der Waals surface area contributed by atoms with Crippen LogP contribution < -0.4 is 5.32 Å². The monoisotopic (exact) mass is 345 g/mol. The van der Waals surface area contributed by atoms with Crippen LogP contribution in [0.5, 0.6) is 0 Å². The number of aliphatic hydroxyl groups is 1. The smallest absolute Gasteiger partial charge is 0.0613 e. The Morgan fingerprint density at radius 1 is 1.20 bits per heavy atom. The maximum Gasteiger partial charge on any atom is 0.0613 e. The molecule has 25 heavy (non-hydrogen) atoms. The summed E-state index contributed by atoms with van der Waals surface area (Å²) in [6.45, 7) is 10.6. The number of nitrogens with zero attached hydrogens (tertiary/aromatic N) is 2. The first kappa shape index (κ1) is 18.8. The van der Waals surface area contributed by atoms with Gasteiger partial charge in [0.25, 0.3) is 0 Å². The van der Waals surface area contributed by atoms with Gasteiger partial charge in [0.15, 0.2) is 0 Å². The van der Waals surface area contributed by atoms with Crippen LogP contribution in [-0.4, -0.2) is 46.3 Å². The molecule has 0 bridgehead atoms. The number of hydrogen-bond donors (Lipinski definition) is 2. The van der Waals surface area contributed by atoms with Gasteiger partial charge in [0, 0.05) is 30.5 Å². The van der Waals surface area contributed by atoms with E-state index in [1.807, 2.05) is 12.4 Å². The van der Waals surface area contributed by atoms with Crippen molar-refractivity contribution >= 4 is 0 Å². The first-order chi connectivity index (χ1) is 11.9. The summed E-state index contributed by atoms with van der Waals surface area (Å²) in [5.41, 5.74) is 1.57. The fourth-order valence-corrected chi connectivity index (χ4v) is 5.43. The van der Waals surface area contributed by atoms with Crippen LogP contribution in [0.2, 0.25) is 0 Å². The second-order valence-electron chi connectivity index (χ2n) is 9.34. The van der Waals surface area contributed by atoms with Crippen molar-refractivity contribution in [2.24, 2.45) is 11.3 Å². The van der Waals surface area contributed by atoms with Crippen molar-refractivity contribution in [3.05, 3.63) is 30.1 Å². The molecule has 0 amide bonds. The number of aliphatic hydroxyl groups excluding tert-OH is 1. The molecule has 0 radical (unpaired) electrons. The van der Waals surface area contributed by atoms with Crippen LogP contribution >= 0.6 is 0 Å². The molecule has 2 heterocycles. The van der Waals surface area contributed by atoms with Gasteiger partial charge >= 0.3 is 0 Å². The zero-order valence-corrected chi connectivity index (χ0v) is 16.2. The molecule has 2 N–H and O–H groups in total. The molecule has 4 nitrogen and oxygen atoms in total. The standard InChI is InChI=1S/C21H35N3O/c1-17-12-20(2,3)15-21(13-17,16-25)23-19-6-10-24(11-7-19)14-18-4-8-22-9-5-18/h4-5,8-9,17,19,23,25H,6-7,10-16H2,1-3H3. The molecule has 1 saturated heterocycles. The van der Waals surface area contributed by atoms with Crippen molar-refractivity contribution < 1.29 is 5.11 Å². The van der Waals surface area contributed by atoms with Crippen molar-refractivity contribution in [1.82, 2.24) is 15.2 Å². The molecule has 140 valence electrons. The van der Waals surface area contributed by atoms with Crippen molar-refractivity contribution in [3.63, 3.8) is 0 Å². The van der Waals surface area contributed by atoms with Crippen LogP contribution in [0.3, 0.4) is 0 Å². The number of nitrogens with one attached hydrogen (secondary N) is 1. The molecule has 0 spiro atoms. The zero-order valence-electron chi connectivity index (χ0n) is 16.2. The molecule has 1 saturated carbocycles. The molecular weight excluding hydrogens is 310 g/mol. The lowest BCUT2D eigenvalue weighted by molar-refractivity contribution is 0.0212. The molecule has 3 rings (SSSR count). The van der Waals surface area contributed by atoms with Gasteiger partial charge in [0.2, 0.25) is 0 Å². The first-order valence-corrected chi connectivity index (χ1v) is 9.90. The predicted octanol–water partition coefficient (Wildman–Crippen LogP) is 3.21. The number of rotatable bonds is 5. The Bertz CT molecular complexity index is 539. The van der Waals surface area contributed by atoms with Crippen molar-refractivity contribution in [2.45, 2.75) is 71.0 Å². The summed E-state index contributed by atoms with van der Waals surface area (Å²) in [4.78, 5) is 6.63. The van der Waals surface area contributed by atoms with E-state index in [4.69, 9.17) is 0 Å². The Balaban J connectivity index is 1.54. The third kappa shape index (κ3) is 5.02. The summed E-state index contributed by atoms with van der Waals surface area (Å²) in [5, 5.41) is 14.1. The highest BCUT2D eigenvalue weighted by molar-refractivity contribution is 5.09. The van der Waals surface area contributed by atoms with Gasteiger partial charge in [-0.25, -0.2) is 0 Å². The van der Waals surface area contributed by atoms with E-state index in [0.717, 1.165) is 32.5 Å². The third-order valence-electron chi connectivity index (χ3n) is 6.01. The maximum absolute atomic E-state index is 10.2. The molecule has 1 aromatic heterocycles. The molecule has 0 aromatic carbocycles. The minimum absolute atomic E-state index is 0.0842. The predicted molar refractivity (Wildman–Crippen MR) is 102 cm³/mol. The van der Waals surface area contributed by atoms with Gasteiger partial charge in [-0.05, 0) is 74.2 Å². The Labute approximate surface area is 153 Å². The van der Waals surface area contributed by atoms with Crippen LogP contribution in [0.15, 0.2) is 24.5 Å². The lowest BCUT2D eigenvalue weighted by atomic mass is 9.64. The Kier molecular flexibility index (Phi) is 5.81. The molecule has 2 atom stereocenters. The molecule has 4 heteroatoms. The van der Waals surface area contributed by atoms with E-state index < -0.39 is 0 Å². The van der Waals surface area contributed by atoms with E-state index in [-0.39, 0.29) is 12.1 Å². The minimum atomic E-state index is -0.0842. The highest BCUT2D eigenvalue weighted by Crippen LogP contribution is 2.44. The molecule has 2 fully saturated rings. The molecular formula is C21H35N3O. The topological polar surface area (TPSA) is 48.4 Å². The molecule has 2 aliphatic rings. The van der Waals surface area contributed by atoms with Crippen molar-refractivity contribution in [3.8, 4) is 0 Å². The number of aromatic nitrogens is 1. The van der Waals surface area contributed by atoms with Gasteiger partial charge in [-0.15, -0.1) is 0 Å². The number of hydrogen-bond acceptors (Lipinski definition) is 4. The van der Waals surface area contributed by atoms with Gasteiger partial charge < -0.3 is 10.4 Å². The number of pyridine rings is 1. The van der Waals surface area contributed by atoms with Gasteiger partial charge in [-0.2, -0.15) is 0 Å². The van der Waals surface area contributed by atoms with Crippen LogP contribution in [0.25, 0.3) is 0 Å². The quantitative estimate of drug-likeness (QED) is 0.860. The van der Waals surface area contributed by atoms with Crippen LogP contribution in [0.4, 0.5) is 0 Å². The van der Waals surface area contributed by atoms with E-state index in [2.05, 4.69) is 48.1 Å². The van der Waals surface area contributed by atoms with Gasteiger partial charge in [-0.1, -0.05) is 20.8 Å². The van der Waals surface area contributed by atoms with Gasteiger partial charge in [0.05, 0.1) is 6.61 Å². The second-order valence-corrected chi connectivity index (χ2v) is 9.34. The highest BCUT2D eigenvalue weighted by atomic mass is 16.3. The summed E-state index contributed by atoms with van der Waals surface area (Å²) < 4.78 is 0. The summed E-state index contributed by atoms with van der Waals surface area (Å²) in [6.07, 6.45) is 9.54. The fraction of sp³-hybridized carbons (Fsp3) is 0.762. The average Bonchev–Trinajstić information content (AvgIpc) is 2.56. The third-order valence-corrected chi connectivity index (χ3v) is 6.01. The van der Waals surface area contributed by atoms with Crippen molar-refractivity contribution in [2.75, 3.05) is 19.7 Å². The first-order valence-electron chi connectivity index (χ1n) is 9.90. The average molecular weight is 346 g/mol. The lowest BCUT2D eigenvalue weighted by Gasteiger charge is -2.49. The lowest BCUT2D eigenvalue weighted by Crippen LogP contribution is -2.59. The summed E-state index contributed by atoms with van der Waals surface area (Å²) in [6, 6.07) is 4.75. The second kappa shape index (κ2) is 7.73. The largest absolute Gasteiger partial charge is 0.394 e. The summed E-state index contributed by atoms with van der Waals surface area (Å²) >= 11 is 0. The van der Waals surface area contributed by atoms with E-state index >= 15 is 0 Å². The van der Waals surface area contributed by atoms with E-state index in [0.29, 0.717) is 17.4 Å². The Morgan fingerprint density at radius 3 is 2.48 bits per heavy atom. The normalized spacial score (nSPS) is 31.1. The number of piperidine rings is 1. The SMILES string of the molecule is CC1CC(C)(C)CC(CO)(NC2CCN(Cc3ccncc3)CC2)C1. The zero-order chi connectivity index (χ0) is 17.9. The van der Waals surface area contributed by atoms with E-state index in [1.165, 1.54) is 24.8 Å². The Hall–Kier alpha value is -0.970. The van der Waals surface area contributed by atoms with Crippen molar-refractivity contribution in [1.29, 1.82) is 0 Å². The Morgan fingerprint density at radius 2 is 1.88 bits per heavy atom. The van der Waals surface area contributed by atoms with Crippen LogP contribution in [-0.2, 0) is 6.54 Å². The van der Waals surface area contributed by atoms with E-state index in [1.54, 1.807) is 0 Å². The van der Waals surface area contributed by atoms with E-state index in [9.17, 15) is 5.11 Å². The maximum atomic E-state index is 10.2. The van der Waals surface area contributed by atoms with Gasteiger partial charge in [0.1, 0.15) is 0 Å². The highest BCUT2D eigenvalue weighted by Gasteiger charge is 2.43. The summed E-state index contributed by atoms with van der Waals surface area (Å²) in [7, 11) is 0.